The third-order valence-corrected chi connectivity index (χ3v) is 2.02. The van der Waals surface area contributed by atoms with E-state index in [1.165, 1.54) is 12.1 Å². The summed E-state index contributed by atoms with van der Waals surface area (Å²) >= 11 is 0. The predicted molar refractivity (Wildman–Crippen MR) is 65.8 cm³/mol. The van der Waals surface area contributed by atoms with Crippen molar-refractivity contribution in [2.45, 2.75) is 32.9 Å². The second-order valence-corrected chi connectivity index (χ2v) is 4.89. The lowest BCUT2D eigenvalue weighted by molar-refractivity contribution is -0.220. The topological polar surface area (TPSA) is 66.8 Å². The van der Waals surface area contributed by atoms with Crippen LogP contribution < -0.4 is 0 Å². The molecule has 1 rings (SSSR count). The molecule has 18 heavy (non-hydrogen) atoms. The van der Waals surface area contributed by atoms with Crippen LogP contribution in [0.25, 0.3) is 0 Å². The van der Waals surface area contributed by atoms with Gasteiger partial charge in [-0.15, -0.1) is 0 Å². The number of hydrogen-bond donors (Lipinski definition) is 1. The van der Waals surface area contributed by atoms with E-state index in [1.807, 2.05) is 20.8 Å². The highest BCUT2D eigenvalue weighted by Gasteiger charge is 2.16. The van der Waals surface area contributed by atoms with Crippen LogP contribution >= 0.6 is 0 Å². The molecule has 0 aliphatic heterocycles. The van der Waals surface area contributed by atoms with Crippen molar-refractivity contribution in [1.29, 1.82) is 0 Å². The fourth-order valence-corrected chi connectivity index (χ4v) is 1.43. The fourth-order valence-electron chi connectivity index (χ4n) is 1.43. The van der Waals surface area contributed by atoms with Gasteiger partial charge >= 0.3 is 5.97 Å². The molecule has 1 aromatic carbocycles. The largest absolute Gasteiger partial charge is 0.478 e. The molecule has 0 spiro atoms. The zero-order chi connectivity index (χ0) is 13.8. The maximum absolute atomic E-state index is 10.9. The molecule has 0 aliphatic carbocycles. The number of hydroxylamine groups is 2. The fraction of sp³-hybridized carbons (Fsp3) is 0.385. The van der Waals surface area contributed by atoms with E-state index < -0.39 is 11.6 Å². The Hall–Kier alpha value is -1.88. The van der Waals surface area contributed by atoms with Crippen LogP contribution in [-0.2, 0) is 16.2 Å². The molecule has 0 atom stereocenters. The van der Waals surface area contributed by atoms with Gasteiger partial charge in [-0.05, 0) is 38.5 Å². The van der Waals surface area contributed by atoms with Gasteiger partial charge in [0, 0.05) is 0 Å². The Kier molecular flexibility index (Phi) is 4.44. The van der Waals surface area contributed by atoms with E-state index in [1.54, 1.807) is 12.1 Å². The molecule has 5 heteroatoms. The highest BCUT2D eigenvalue weighted by molar-refractivity contribution is 5.87. The SMILES string of the molecule is CC(C)(C)ON(C=O)Cc1cccc(C(=O)O)c1. The number of benzene rings is 1. The first kappa shape index (κ1) is 14.2. The van der Waals surface area contributed by atoms with Crippen LogP contribution in [-0.4, -0.2) is 28.2 Å². The van der Waals surface area contributed by atoms with E-state index in [9.17, 15) is 9.59 Å². The number of aromatic carboxylic acids is 1. The highest BCUT2D eigenvalue weighted by Crippen LogP contribution is 2.13. The number of nitrogens with zero attached hydrogens (tertiary/aromatic N) is 1. The van der Waals surface area contributed by atoms with Gasteiger partial charge in [0.05, 0.1) is 17.7 Å². The number of amides is 1. The van der Waals surface area contributed by atoms with Gasteiger partial charge in [-0.2, -0.15) is 0 Å². The van der Waals surface area contributed by atoms with Crippen LogP contribution in [0.4, 0.5) is 0 Å². The Bertz CT molecular complexity index is 437. The van der Waals surface area contributed by atoms with Gasteiger partial charge in [-0.25, -0.2) is 9.86 Å². The van der Waals surface area contributed by atoms with Gasteiger partial charge in [0.1, 0.15) is 0 Å². The monoisotopic (exact) mass is 251 g/mol. The summed E-state index contributed by atoms with van der Waals surface area (Å²) in [7, 11) is 0. The molecule has 0 saturated heterocycles. The van der Waals surface area contributed by atoms with Crippen molar-refractivity contribution in [2.75, 3.05) is 0 Å². The Morgan fingerprint density at radius 2 is 2.11 bits per heavy atom. The highest BCUT2D eigenvalue weighted by atomic mass is 16.7. The Balaban J connectivity index is 2.79. The third-order valence-electron chi connectivity index (χ3n) is 2.02. The summed E-state index contributed by atoms with van der Waals surface area (Å²) in [6, 6.07) is 6.40. The number of rotatable bonds is 5. The van der Waals surface area contributed by atoms with E-state index in [0.29, 0.717) is 12.0 Å². The summed E-state index contributed by atoms with van der Waals surface area (Å²) in [5.41, 5.74) is 0.408. The normalized spacial score (nSPS) is 11.1. The Labute approximate surface area is 106 Å². The van der Waals surface area contributed by atoms with Crippen LogP contribution in [0.2, 0.25) is 0 Å². The van der Waals surface area contributed by atoms with E-state index in [4.69, 9.17) is 9.94 Å². The van der Waals surface area contributed by atoms with Crippen LogP contribution in [0.15, 0.2) is 24.3 Å². The number of carbonyl (C=O) groups excluding carboxylic acids is 1. The Morgan fingerprint density at radius 3 is 2.61 bits per heavy atom. The summed E-state index contributed by atoms with van der Waals surface area (Å²) in [6.07, 6.45) is 0.582. The molecule has 0 radical (unpaired) electrons. The molecule has 0 aliphatic rings. The van der Waals surface area contributed by atoms with Gasteiger partial charge in [0.25, 0.3) is 0 Å². The summed E-state index contributed by atoms with van der Waals surface area (Å²) in [5, 5.41) is 10.0. The lowest BCUT2D eigenvalue weighted by atomic mass is 10.1. The summed E-state index contributed by atoms with van der Waals surface area (Å²) in [4.78, 5) is 27.1. The standard InChI is InChI=1S/C13H17NO4/c1-13(2,3)18-14(9-15)8-10-5-4-6-11(7-10)12(16)17/h4-7,9H,8H2,1-3H3,(H,16,17). The molecule has 0 heterocycles. The molecule has 0 fully saturated rings. The van der Waals surface area contributed by atoms with Crippen LogP contribution in [0.5, 0.6) is 0 Å². The molecule has 98 valence electrons. The maximum atomic E-state index is 10.9. The predicted octanol–water partition coefficient (Wildman–Crippen LogP) is 2.07. The van der Waals surface area contributed by atoms with Crippen molar-refractivity contribution in [3.05, 3.63) is 35.4 Å². The minimum Gasteiger partial charge on any atom is -0.478 e. The molecule has 0 aromatic heterocycles. The second kappa shape index (κ2) is 5.64. The molecule has 1 aromatic rings. The van der Waals surface area contributed by atoms with E-state index >= 15 is 0 Å². The molecule has 0 saturated carbocycles. The summed E-state index contributed by atoms with van der Waals surface area (Å²) in [5.74, 6) is -0.994. The molecular weight excluding hydrogens is 234 g/mol. The van der Waals surface area contributed by atoms with Gasteiger partial charge in [-0.1, -0.05) is 12.1 Å². The third kappa shape index (κ3) is 4.55. The molecule has 1 N–H and O–H groups in total. The quantitative estimate of drug-likeness (QED) is 0.642. The molecule has 1 amide bonds. The van der Waals surface area contributed by atoms with Crippen LogP contribution in [0.3, 0.4) is 0 Å². The lowest BCUT2D eigenvalue weighted by Gasteiger charge is -2.26. The first-order chi connectivity index (χ1) is 8.31. The Morgan fingerprint density at radius 1 is 1.44 bits per heavy atom. The van der Waals surface area contributed by atoms with E-state index in [-0.39, 0.29) is 12.1 Å². The number of carboxylic acids is 1. The number of carboxylic acid groups (broad SMARTS) is 1. The first-order valence-electron chi connectivity index (χ1n) is 5.55. The van der Waals surface area contributed by atoms with Crippen LogP contribution in [0.1, 0.15) is 36.7 Å². The maximum Gasteiger partial charge on any atom is 0.335 e. The van der Waals surface area contributed by atoms with Crippen molar-refractivity contribution in [2.24, 2.45) is 0 Å². The molecular formula is C13H17NO4. The summed E-state index contributed by atoms with van der Waals surface area (Å²) < 4.78 is 0. The molecule has 5 nitrogen and oxygen atoms in total. The first-order valence-corrected chi connectivity index (χ1v) is 5.55. The number of hydrogen-bond acceptors (Lipinski definition) is 3. The smallest absolute Gasteiger partial charge is 0.335 e. The van der Waals surface area contributed by atoms with Gasteiger partial charge in [0.15, 0.2) is 0 Å². The average molecular weight is 251 g/mol. The van der Waals surface area contributed by atoms with Crippen molar-refractivity contribution in [3.63, 3.8) is 0 Å². The zero-order valence-electron chi connectivity index (χ0n) is 10.7. The van der Waals surface area contributed by atoms with Gasteiger partial charge < -0.3 is 5.11 Å². The number of carbonyl (C=O) groups is 2. The van der Waals surface area contributed by atoms with Crippen molar-refractivity contribution in [3.8, 4) is 0 Å². The average Bonchev–Trinajstić information content (AvgIpc) is 2.26. The van der Waals surface area contributed by atoms with Crippen molar-refractivity contribution in [1.82, 2.24) is 5.06 Å². The second-order valence-electron chi connectivity index (χ2n) is 4.89. The van der Waals surface area contributed by atoms with Gasteiger partial charge in [-0.3, -0.25) is 9.63 Å². The lowest BCUT2D eigenvalue weighted by Crippen LogP contribution is -2.32. The minimum absolute atomic E-state index is 0.189. The molecule has 0 unspecified atom stereocenters. The minimum atomic E-state index is -0.994. The van der Waals surface area contributed by atoms with Crippen molar-refractivity contribution >= 4 is 12.4 Å². The van der Waals surface area contributed by atoms with Crippen LogP contribution in [0, 0.1) is 0 Å². The van der Waals surface area contributed by atoms with Gasteiger partial charge in [0.2, 0.25) is 6.41 Å². The molecule has 0 bridgehead atoms. The van der Waals surface area contributed by atoms with E-state index in [0.717, 1.165) is 5.06 Å². The zero-order valence-corrected chi connectivity index (χ0v) is 10.7. The van der Waals surface area contributed by atoms with E-state index in [2.05, 4.69) is 0 Å². The summed E-state index contributed by atoms with van der Waals surface area (Å²) in [6.45, 7) is 5.70. The van der Waals surface area contributed by atoms with Crippen molar-refractivity contribution < 1.29 is 19.5 Å².